The molecule has 0 fully saturated rings. The van der Waals surface area contributed by atoms with Crippen molar-refractivity contribution in [2.24, 2.45) is 0 Å². The molecule has 0 aliphatic carbocycles. The maximum absolute atomic E-state index is 5.20. The molecule has 0 atom stereocenters. The molecule has 0 unspecified atom stereocenters. The van der Waals surface area contributed by atoms with Gasteiger partial charge in [0.05, 0.1) is 22.4 Å². The van der Waals surface area contributed by atoms with Crippen molar-refractivity contribution in [2.75, 3.05) is 0 Å². The molecule has 0 saturated heterocycles. The fourth-order valence-corrected chi connectivity index (χ4v) is 6.96. The Balaban J connectivity index is 1.20. The van der Waals surface area contributed by atoms with Crippen LogP contribution in [0.5, 0.6) is 0 Å². The lowest BCUT2D eigenvalue weighted by Gasteiger charge is -2.12. The average molecular weight is 625 g/mol. The molecule has 0 bridgehead atoms. The number of nitrogens with zero attached hydrogens (tertiary/aromatic N) is 2. The zero-order chi connectivity index (χ0) is 32.6. The lowest BCUT2D eigenvalue weighted by atomic mass is 9.97. The summed E-state index contributed by atoms with van der Waals surface area (Å²) in [5.74, 6) is 0. The first kappa shape index (κ1) is 28.7. The Kier molecular flexibility index (Phi) is 7.18. The highest BCUT2D eigenvalue weighted by molar-refractivity contribution is 6.11. The number of benzene rings is 7. The van der Waals surface area contributed by atoms with Crippen LogP contribution in [-0.2, 0) is 0 Å². The zero-order valence-electron chi connectivity index (χ0n) is 26.9. The average Bonchev–Trinajstić information content (AvgIpc) is 3.52. The van der Waals surface area contributed by atoms with Gasteiger partial charge in [-0.3, -0.25) is 0 Å². The number of hydrogen-bond acceptors (Lipinski definition) is 1. The third-order valence-corrected chi connectivity index (χ3v) is 9.38. The van der Waals surface area contributed by atoms with Crippen LogP contribution in [0.1, 0.15) is 0 Å². The smallest absolute Gasteiger partial charge is 0.0715 e. The number of para-hydroxylation sites is 1. The Morgan fingerprint density at radius 3 is 1.31 bits per heavy atom. The lowest BCUT2D eigenvalue weighted by molar-refractivity contribution is 1.18. The van der Waals surface area contributed by atoms with Crippen LogP contribution in [0.2, 0.25) is 0 Å². The highest BCUT2D eigenvalue weighted by Gasteiger charge is 2.15. The van der Waals surface area contributed by atoms with Gasteiger partial charge in [-0.15, -0.1) is 0 Å². The predicted molar refractivity (Wildman–Crippen MR) is 206 cm³/mol. The predicted octanol–water partition coefficient (Wildman–Crippen LogP) is 12.5. The zero-order valence-corrected chi connectivity index (χ0v) is 26.9. The molecule has 49 heavy (non-hydrogen) atoms. The molecule has 7 aromatic carbocycles. The fourth-order valence-electron chi connectivity index (χ4n) is 6.96. The van der Waals surface area contributed by atoms with Gasteiger partial charge in [-0.05, 0) is 88.0 Å². The van der Waals surface area contributed by atoms with Gasteiger partial charge in [-0.1, -0.05) is 140 Å². The Labute approximate surface area is 286 Å². The van der Waals surface area contributed by atoms with Gasteiger partial charge in [-0.25, -0.2) is 4.98 Å². The van der Waals surface area contributed by atoms with E-state index < -0.39 is 0 Å². The first-order valence-electron chi connectivity index (χ1n) is 16.7. The second kappa shape index (κ2) is 12.3. The molecule has 9 aromatic rings. The van der Waals surface area contributed by atoms with Gasteiger partial charge in [-0.2, -0.15) is 0 Å². The highest BCUT2D eigenvalue weighted by atomic mass is 15.0. The minimum absolute atomic E-state index is 0.955. The second-order valence-corrected chi connectivity index (χ2v) is 12.4. The van der Waals surface area contributed by atoms with Crippen molar-refractivity contribution in [3.8, 4) is 61.6 Å². The summed E-state index contributed by atoms with van der Waals surface area (Å²) in [7, 11) is 0. The van der Waals surface area contributed by atoms with Crippen molar-refractivity contribution in [2.45, 2.75) is 0 Å². The Bertz CT molecular complexity index is 2510. The largest absolute Gasteiger partial charge is 0.309 e. The Hall–Kier alpha value is -6.51. The van der Waals surface area contributed by atoms with Crippen LogP contribution < -0.4 is 0 Å². The molecular weight excluding hydrogens is 593 g/mol. The normalized spacial score (nSPS) is 11.3. The van der Waals surface area contributed by atoms with E-state index in [2.05, 4.69) is 193 Å². The molecule has 0 saturated carbocycles. The monoisotopic (exact) mass is 624 g/mol. The lowest BCUT2D eigenvalue weighted by Crippen LogP contribution is -1.93. The van der Waals surface area contributed by atoms with Crippen LogP contribution in [0, 0.1) is 0 Å². The minimum atomic E-state index is 0.955. The molecular formula is C47H32N2. The van der Waals surface area contributed by atoms with E-state index >= 15 is 0 Å². The van der Waals surface area contributed by atoms with E-state index in [1.807, 2.05) is 6.07 Å². The van der Waals surface area contributed by atoms with Gasteiger partial charge in [0.1, 0.15) is 0 Å². The molecule has 0 amide bonds. The summed E-state index contributed by atoms with van der Waals surface area (Å²) in [6.07, 6.45) is 0. The van der Waals surface area contributed by atoms with E-state index in [4.69, 9.17) is 4.98 Å². The van der Waals surface area contributed by atoms with Crippen molar-refractivity contribution >= 4 is 21.8 Å². The first-order valence-corrected chi connectivity index (χ1v) is 16.7. The molecule has 2 heterocycles. The van der Waals surface area contributed by atoms with Gasteiger partial charge in [0, 0.05) is 27.6 Å². The fraction of sp³-hybridized carbons (Fsp3) is 0. The van der Waals surface area contributed by atoms with Crippen molar-refractivity contribution < 1.29 is 0 Å². The van der Waals surface area contributed by atoms with Crippen LogP contribution in [0.15, 0.2) is 194 Å². The molecule has 0 aliphatic rings. The summed E-state index contributed by atoms with van der Waals surface area (Å²) >= 11 is 0. The first-order chi connectivity index (χ1) is 24.3. The third kappa shape index (κ3) is 5.40. The summed E-state index contributed by atoms with van der Waals surface area (Å²) in [4.78, 5) is 5.20. The molecule has 230 valence electrons. The van der Waals surface area contributed by atoms with E-state index in [-0.39, 0.29) is 0 Å². The second-order valence-electron chi connectivity index (χ2n) is 12.4. The molecule has 9 rings (SSSR count). The quantitative estimate of drug-likeness (QED) is 0.180. The summed E-state index contributed by atoms with van der Waals surface area (Å²) in [6.45, 7) is 0. The van der Waals surface area contributed by atoms with Crippen LogP contribution in [0.3, 0.4) is 0 Å². The van der Waals surface area contributed by atoms with Gasteiger partial charge >= 0.3 is 0 Å². The van der Waals surface area contributed by atoms with E-state index in [0.29, 0.717) is 0 Å². The molecule has 0 spiro atoms. The number of rotatable bonds is 6. The van der Waals surface area contributed by atoms with Gasteiger partial charge < -0.3 is 4.57 Å². The number of aromatic nitrogens is 2. The summed E-state index contributed by atoms with van der Waals surface area (Å²) in [5.41, 5.74) is 14.7. The Morgan fingerprint density at radius 2 is 0.714 bits per heavy atom. The van der Waals surface area contributed by atoms with Crippen LogP contribution in [-0.4, -0.2) is 9.55 Å². The van der Waals surface area contributed by atoms with Crippen molar-refractivity contribution in [3.63, 3.8) is 0 Å². The van der Waals surface area contributed by atoms with E-state index in [1.54, 1.807) is 0 Å². The molecule has 0 aliphatic heterocycles. The van der Waals surface area contributed by atoms with Gasteiger partial charge in [0.25, 0.3) is 0 Å². The van der Waals surface area contributed by atoms with Crippen LogP contribution in [0.4, 0.5) is 0 Å². The molecule has 2 nitrogen and oxygen atoms in total. The molecule has 0 radical (unpaired) electrons. The molecule has 2 heteroatoms. The number of fused-ring (bicyclic) bond motifs is 3. The SMILES string of the molecule is c1ccc(-c2cc(-c3ccccc3)nc(-c3cccc(-c4ccc5c(c4)c4cc(-c6ccccc6)ccc4n5-c4ccccc4)c3)c2)cc1. The van der Waals surface area contributed by atoms with Gasteiger partial charge in [0.15, 0.2) is 0 Å². The third-order valence-electron chi connectivity index (χ3n) is 9.38. The summed E-state index contributed by atoms with van der Waals surface area (Å²) in [6, 6.07) is 69.2. The van der Waals surface area contributed by atoms with Crippen molar-refractivity contribution in [3.05, 3.63) is 194 Å². The van der Waals surface area contributed by atoms with E-state index in [9.17, 15) is 0 Å². The maximum Gasteiger partial charge on any atom is 0.0715 e. The summed E-state index contributed by atoms with van der Waals surface area (Å²) < 4.78 is 2.38. The Morgan fingerprint density at radius 1 is 0.286 bits per heavy atom. The van der Waals surface area contributed by atoms with Crippen LogP contribution >= 0.6 is 0 Å². The summed E-state index contributed by atoms with van der Waals surface area (Å²) in [5, 5.41) is 2.47. The maximum atomic E-state index is 5.20. The molecule has 2 aromatic heterocycles. The van der Waals surface area contributed by atoms with Crippen molar-refractivity contribution in [1.29, 1.82) is 0 Å². The number of hydrogen-bond donors (Lipinski definition) is 0. The van der Waals surface area contributed by atoms with E-state index in [1.165, 1.54) is 44.1 Å². The van der Waals surface area contributed by atoms with Crippen LogP contribution in [0.25, 0.3) is 83.4 Å². The van der Waals surface area contributed by atoms with E-state index in [0.717, 1.165) is 39.3 Å². The van der Waals surface area contributed by atoms with Gasteiger partial charge in [0.2, 0.25) is 0 Å². The van der Waals surface area contributed by atoms with Crippen molar-refractivity contribution in [1.82, 2.24) is 9.55 Å². The number of pyridine rings is 1. The standard InChI is InChI=1S/C47H32N2/c1-5-14-33(15-6-1)37-24-26-46-42(29-37)43-30-38(25-27-47(43)49(46)41-22-11-4-12-23-41)36-20-13-21-39(28-36)45-32-40(34-16-7-2-8-17-34)31-44(48-45)35-18-9-3-10-19-35/h1-32H. The highest BCUT2D eigenvalue weighted by Crippen LogP contribution is 2.38. The molecule has 0 N–H and O–H groups in total. The topological polar surface area (TPSA) is 17.8 Å². The minimum Gasteiger partial charge on any atom is -0.309 e.